The normalized spacial score (nSPS) is 23.7. The molecular weight excluding hydrogens is 365 g/mol. The molecule has 2 aliphatic heterocycles. The number of amides is 2. The fraction of sp³-hybridized carbons (Fsp3) is 0.500. The summed E-state index contributed by atoms with van der Waals surface area (Å²) in [7, 11) is 0. The summed E-state index contributed by atoms with van der Waals surface area (Å²) in [4.78, 5) is 43.4. The molecule has 0 saturated carbocycles. The maximum atomic E-state index is 13.4. The van der Waals surface area contributed by atoms with Gasteiger partial charge < -0.3 is 4.84 Å². The summed E-state index contributed by atoms with van der Waals surface area (Å²) in [5.41, 5.74) is -0.482. The van der Waals surface area contributed by atoms with Crippen LogP contribution < -0.4 is 0 Å². The Morgan fingerprint density at radius 1 is 1.04 bits per heavy atom. The molecule has 0 unspecified atom stereocenters. The maximum absolute atomic E-state index is 13.4. The minimum atomic E-state index is -4.61. The Morgan fingerprint density at radius 3 is 2.00 bits per heavy atom. The Labute approximate surface area is 153 Å². The van der Waals surface area contributed by atoms with Gasteiger partial charge in [0.1, 0.15) is 0 Å². The third kappa shape index (κ3) is 3.43. The van der Waals surface area contributed by atoms with Crippen LogP contribution in [0.2, 0.25) is 0 Å². The second-order valence-electron chi connectivity index (χ2n) is 7.69. The molecule has 2 atom stereocenters. The number of rotatable bonds is 2. The number of nitrogens with zero attached hydrogens (tertiary/aromatic N) is 2. The van der Waals surface area contributed by atoms with Crippen molar-refractivity contribution in [2.45, 2.75) is 32.5 Å². The van der Waals surface area contributed by atoms with Crippen molar-refractivity contribution in [2.24, 2.45) is 11.8 Å². The number of hydrogen-bond donors (Lipinski definition) is 0. The summed E-state index contributed by atoms with van der Waals surface area (Å²) >= 11 is 0. The smallest absolute Gasteiger partial charge is 0.329 e. The molecule has 9 heteroatoms. The molecule has 1 saturated heterocycles. The van der Waals surface area contributed by atoms with Gasteiger partial charge in [0.05, 0.1) is 23.0 Å². The lowest BCUT2D eigenvalue weighted by molar-refractivity contribution is -0.200. The van der Waals surface area contributed by atoms with Crippen LogP contribution in [0.25, 0.3) is 0 Å². The van der Waals surface area contributed by atoms with E-state index in [4.69, 9.17) is 4.84 Å². The molecule has 6 nitrogen and oxygen atoms in total. The quantitative estimate of drug-likeness (QED) is 0.734. The highest BCUT2D eigenvalue weighted by Crippen LogP contribution is 2.40. The van der Waals surface area contributed by atoms with Crippen LogP contribution in [0.5, 0.6) is 0 Å². The van der Waals surface area contributed by atoms with Crippen LogP contribution in [0, 0.1) is 11.8 Å². The summed E-state index contributed by atoms with van der Waals surface area (Å²) in [6, 6.07) is 5.85. The summed E-state index contributed by atoms with van der Waals surface area (Å²) in [6.07, 6.45) is -4.61. The number of carbonyl (C=O) groups excluding carboxylic acids is 3. The topological polar surface area (TPSA) is 66.9 Å². The van der Waals surface area contributed by atoms with Crippen LogP contribution in [-0.4, -0.2) is 52.6 Å². The number of likely N-dealkylation sites (tertiary alicyclic amines) is 1. The summed E-state index contributed by atoms with van der Waals surface area (Å²) < 4.78 is 40.3. The van der Waals surface area contributed by atoms with E-state index in [9.17, 15) is 27.6 Å². The van der Waals surface area contributed by atoms with Gasteiger partial charge in [-0.1, -0.05) is 17.2 Å². The zero-order chi connectivity index (χ0) is 20.1. The summed E-state index contributed by atoms with van der Waals surface area (Å²) in [6.45, 7) is 4.72. The third-order valence-corrected chi connectivity index (χ3v) is 4.93. The Bertz CT molecular complexity index is 766. The lowest BCUT2D eigenvalue weighted by Gasteiger charge is -2.31. The molecule has 0 aliphatic carbocycles. The largest absolute Gasteiger partial charge is 0.393 e. The number of hydrogen-bond acceptors (Lipinski definition) is 5. The first-order valence-corrected chi connectivity index (χ1v) is 8.42. The highest BCUT2D eigenvalue weighted by atomic mass is 19.4. The van der Waals surface area contributed by atoms with Gasteiger partial charge in [-0.3, -0.25) is 14.5 Å². The van der Waals surface area contributed by atoms with Gasteiger partial charge in [-0.05, 0) is 32.9 Å². The zero-order valence-corrected chi connectivity index (χ0v) is 15.0. The average Bonchev–Trinajstić information content (AvgIpc) is 3.12. The van der Waals surface area contributed by atoms with E-state index in [2.05, 4.69) is 0 Å². The number of alkyl halides is 3. The van der Waals surface area contributed by atoms with E-state index in [1.54, 1.807) is 25.7 Å². The predicted octanol–water partition coefficient (Wildman–Crippen LogP) is 2.65. The van der Waals surface area contributed by atoms with Crippen molar-refractivity contribution < 1.29 is 32.4 Å². The number of fused-ring (bicyclic) bond motifs is 1. The number of halogens is 3. The highest BCUT2D eigenvalue weighted by molar-refractivity contribution is 6.20. The van der Waals surface area contributed by atoms with Gasteiger partial charge in [-0.15, -0.1) is 0 Å². The maximum Gasteiger partial charge on any atom is 0.393 e. The molecule has 3 rings (SSSR count). The Morgan fingerprint density at radius 2 is 1.56 bits per heavy atom. The van der Waals surface area contributed by atoms with Crippen LogP contribution >= 0.6 is 0 Å². The molecule has 2 amide bonds. The molecule has 0 N–H and O–H groups in total. The van der Waals surface area contributed by atoms with Crippen molar-refractivity contribution in [1.82, 2.24) is 9.96 Å². The van der Waals surface area contributed by atoms with Crippen molar-refractivity contribution >= 4 is 17.8 Å². The number of imide groups is 1. The van der Waals surface area contributed by atoms with Gasteiger partial charge in [-0.2, -0.15) is 13.2 Å². The van der Waals surface area contributed by atoms with E-state index in [0.717, 1.165) is 0 Å². The standard InChI is InChI=1S/C18H19F3N2O4/c1-17(2,3)22-8-12(13(9-22)18(19,20)21)16(26)27-23-14(24)10-6-4-5-7-11(10)15(23)25/h4-7,12-13H,8-9H2,1-3H3/t12-,13-/m0/s1. The van der Waals surface area contributed by atoms with Crippen molar-refractivity contribution in [3.8, 4) is 0 Å². The van der Waals surface area contributed by atoms with E-state index in [0.29, 0.717) is 0 Å². The number of carbonyl (C=O) groups is 3. The molecule has 146 valence electrons. The molecule has 0 spiro atoms. The number of benzene rings is 1. The first kappa shape index (κ1) is 19.3. The van der Waals surface area contributed by atoms with Gasteiger partial charge >= 0.3 is 12.1 Å². The lowest BCUT2D eigenvalue weighted by atomic mass is 9.96. The van der Waals surface area contributed by atoms with E-state index < -0.39 is 41.3 Å². The van der Waals surface area contributed by atoms with E-state index in [1.807, 2.05) is 0 Å². The van der Waals surface area contributed by atoms with Gasteiger partial charge in [-0.25, -0.2) is 4.79 Å². The number of hydroxylamine groups is 2. The molecule has 1 aromatic rings. The van der Waals surface area contributed by atoms with Gasteiger partial charge in [0.2, 0.25) is 0 Å². The molecule has 1 aromatic carbocycles. The van der Waals surface area contributed by atoms with Gasteiger partial charge in [0, 0.05) is 18.6 Å². The lowest BCUT2D eigenvalue weighted by Crippen LogP contribution is -2.41. The summed E-state index contributed by atoms with van der Waals surface area (Å²) in [5.74, 6) is -6.41. The van der Waals surface area contributed by atoms with Crippen LogP contribution in [0.3, 0.4) is 0 Å². The highest BCUT2D eigenvalue weighted by Gasteiger charge is 2.55. The molecule has 0 radical (unpaired) electrons. The van der Waals surface area contributed by atoms with E-state index in [1.165, 1.54) is 24.3 Å². The molecule has 1 fully saturated rings. The van der Waals surface area contributed by atoms with Crippen molar-refractivity contribution in [3.05, 3.63) is 35.4 Å². The second-order valence-corrected chi connectivity index (χ2v) is 7.69. The average molecular weight is 384 g/mol. The molecule has 2 heterocycles. The minimum Gasteiger partial charge on any atom is -0.329 e. The zero-order valence-electron chi connectivity index (χ0n) is 15.0. The first-order valence-electron chi connectivity index (χ1n) is 8.42. The second kappa shape index (κ2) is 6.33. The van der Waals surface area contributed by atoms with Crippen LogP contribution in [0.4, 0.5) is 13.2 Å². The first-order chi connectivity index (χ1) is 12.4. The van der Waals surface area contributed by atoms with E-state index >= 15 is 0 Å². The third-order valence-electron chi connectivity index (χ3n) is 4.93. The Kier molecular flexibility index (Phi) is 4.54. The summed E-state index contributed by atoms with van der Waals surface area (Å²) in [5, 5.41) is 0.250. The Balaban J connectivity index is 1.81. The molecule has 0 bridgehead atoms. The van der Waals surface area contributed by atoms with Crippen LogP contribution in [0.1, 0.15) is 41.5 Å². The van der Waals surface area contributed by atoms with Gasteiger partial charge in [0.25, 0.3) is 11.8 Å². The van der Waals surface area contributed by atoms with Crippen molar-refractivity contribution in [2.75, 3.05) is 13.1 Å². The van der Waals surface area contributed by atoms with Crippen molar-refractivity contribution in [1.29, 1.82) is 0 Å². The Hall–Kier alpha value is -2.42. The minimum absolute atomic E-state index is 0.0467. The molecule has 2 aliphatic rings. The van der Waals surface area contributed by atoms with Crippen LogP contribution in [0.15, 0.2) is 24.3 Å². The fourth-order valence-electron chi connectivity index (χ4n) is 3.33. The van der Waals surface area contributed by atoms with Gasteiger partial charge in [0.15, 0.2) is 0 Å². The molecule has 27 heavy (non-hydrogen) atoms. The fourth-order valence-corrected chi connectivity index (χ4v) is 3.33. The SMILES string of the molecule is CC(C)(C)N1C[C@H](C(=O)ON2C(=O)c3ccccc3C2=O)[C@@H](C(F)(F)F)C1. The van der Waals surface area contributed by atoms with Crippen molar-refractivity contribution in [3.63, 3.8) is 0 Å². The molecular formula is C18H19F3N2O4. The molecule has 0 aromatic heterocycles. The monoisotopic (exact) mass is 384 g/mol. The van der Waals surface area contributed by atoms with E-state index in [-0.39, 0.29) is 29.3 Å². The van der Waals surface area contributed by atoms with Crippen LogP contribution in [-0.2, 0) is 9.63 Å². The predicted molar refractivity (Wildman–Crippen MR) is 87.4 cm³/mol.